The van der Waals surface area contributed by atoms with Gasteiger partial charge in [-0.15, -0.1) is 0 Å². The summed E-state index contributed by atoms with van der Waals surface area (Å²) in [7, 11) is 0. The molecule has 7 nitrogen and oxygen atoms in total. The number of hydrazine groups is 1. The maximum Gasteiger partial charge on any atom is 0.272 e. The molecular formula is C20H19FN6O. The number of carbonyl (C=O) groups excluding carboxylic acids is 1. The highest BCUT2D eigenvalue weighted by molar-refractivity contribution is 5.95. The first-order valence-electron chi connectivity index (χ1n) is 8.86. The summed E-state index contributed by atoms with van der Waals surface area (Å²) in [5.74, 6) is -0.379. The summed E-state index contributed by atoms with van der Waals surface area (Å²) in [6.07, 6.45) is 2.27. The average molecular weight is 378 g/mol. The molecule has 1 aromatic heterocycles. The number of anilines is 3. The van der Waals surface area contributed by atoms with E-state index in [1.807, 2.05) is 12.1 Å². The van der Waals surface area contributed by atoms with E-state index >= 15 is 0 Å². The lowest BCUT2D eigenvalue weighted by Crippen LogP contribution is -2.33. The van der Waals surface area contributed by atoms with Gasteiger partial charge in [0, 0.05) is 13.1 Å². The molecular weight excluding hydrogens is 359 g/mol. The Hall–Kier alpha value is -3.68. The Morgan fingerprint density at radius 3 is 2.64 bits per heavy atom. The molecule has 28 heavy (non-hydrogen) atoms. The largest absolute Gasteiger partial charge is 0.393 e. The Balaban J connectivity index is 1.50. The van der Waals surface area contributed by atoms with Gasteiger partial charge < -0.3 is 10.6 Å². The molecule has 4 rings (SSSR count). The van der Waals surface area contributed by atoms with Crippen LogP contribution in [0.15, 0.2) is 54.9 Å². The van der Waals surface area contributed by atoms with Gasteiger partial charge in [0.25, 0.3) is 5.91 Å². The van der Waals surface area contributed by atoms with Crippen LogP contribution >= 0.6 is 0 Å². The Bertz CT molecular complexity index is 1030. The lowest BCUT2D eigenvalue weighted by atomic mass is 10.00. The van der Waals surface area contributed by atoms with Gasteiger partial charge in [-0.1, -0.05) is 36.4 Å². The van der Waals surface area contributed by atoms with Crippen molar-refractivity contribution < 1.29 is 9.18 Å². The summed E-state index contributed by atoms with van der Waals surface area (Å²) < 4.78 is 13.7. The minimum Gasteiger partial charge on any atom is -0.393 e. The van der Waals surface area contributed by atoms with E-state index in [1.54, 1.807) is 6.07 Å². The zero-order valence-electron chi connectivity index (χ0n) is 15.0. The van der Waals surface area contributed by atoms with Gasteiger partial charge in [0.15, 0.2) is 11.6 Å². The molecule has 1 amide bonds. The van der Waals surface area contributed by atoms with Gasteiger partial charge in [0.1, 0.15) is 17.8 Å². The van der Waals surface area contributed by atoms with Crippen LogP contribution in [-0.4, -0.2) is 22.4 Å². The zero-order valence-corrected chi connectivity index (χ0v) is 15.0. The molecule has 0 atom stereocenters. The van der Waals surface area contributed by atoms with Crippen molar-refractivity contribution >= 4 is 23.2 Å². The van der Waals surface area contributed by atoms with E-state index in [1.165, 1.54) is 35.7 Å². The van der Waals surface area contributed by atoms with Crippen LogP contribution in [0, 0.1) is 5.82 Å². The van der Waals surface area contributed by atoms with Crippen molar-refractivity contribution in [2.75, 3.05) is 22.6 Å². The maximum absolute atomic E-state index is 13.7. The SMILES string of the molecule is Nc1c(NNC(=O)c2ccccc2F)ncnc1N1CCc2ccccc2C1. The van der Waals surface area contributed by atoms with E-state index in [2.05, 4.69) is 37.9 Å². The van der Waals surface area contributed by atoms with Crippen molar-refractivity contribution in [1.82, 2.24) is 15.4 Å². The van der Waals surface area contributed by atoms with Gasteiger partial charge >= 0.3 is 0 Å². The minimum absolute atomic E-state index is 0.0736. The first kappa shape index (κ1) is 17.7. The van der Waals surface area contributed by atoms with E-state index in [0.29, 0.717) is 18.1 Å². The second-order valence-corrected chi connectivity index (χ2v) is 6.46. The fourth-order valence-electron chi connectivity index (χ4n) is 3.24. The van der Waals surface area contributed by atoms with Crippen LogP contribution in [0.2, 0.25) is 0 Å². The number of nitrogens with one attached hydrogen (secondary N) is 2. The molecule has 0 spiro atoms. The summed E-state index contributed by atoms with van der Waals surface area (Å²) in [6.45, 7) is 1.47. The number of nitrogens with two attached hydrogens (primary N) is 1. The van der Waals surface area contributed by atoms with E-state index in [0.717, 1.165) is 13.0 Å². The summed E-state index contributed by atoms with van der Waals surface area (Å²) in [5.41, 5.74) is 14.1. The molecule has 142 valence electrons. The highest BCUT2D eigenvalue weighted by atomic mass is 19.1. The van der Waals surface area contributed by atoms with Crippen molar-refractivity contribution in [2.24, 2.45) is 0 Å². The fourth-order valence-corrected chi connectivity index (χ4v) is 3.24. The Morgan fingerprint density at radius 1 is 1.07 bits per heavy atom. The zero-order chi connectivity index (χ0) is 19.5. The number of nitrogen functional groups attached to an aromatic ring is 1. The number of fused-ring (bicyclic) bond motifs is 1. The van der Waals surface area contributed by atoms with Crippen molar-refractivity contribution in [2.45, 2.75) is 13.0 Å². The van der Waals surface area contributed by atoms with Gasteiger partial charge in [0.2, 0.25) is 0 Å². The summed E-state index contributed by atoms with van der Waals surface area (Å²) in [4.78, 5) is 22.6. The third kappa shape index (κ3) is 3.44. The van der Waals surface area contributed by atoms with Gasteiger partial charge in [-0.3, -0.25) is 15.6 Å². The average Bonchev–Trinajstić information content (AvgIpc) is 2.73. The van der Waals surface area contributed by atoms with Crippen LogP contribution < -0.4 is 21.5 Å². The molecule has 0 fully saturated rings. The normalized spacial score (nSPS) is 13.0. The summed E-state index contributed by atoms with van der Waals surface area (Å²) >= 11 is 0. The minimum atomic E-state index is -0.621. The molecule has 3 aromatic rings. The van der Waals surface area contributed by atoms with Gasteiger partial charge in [-0.05, 0) is 29.7 Å². The summed E-state index contributed by atoms with van der Waals surface area (Å²) in [5, 5.41) is 0. The van der Waals surface area contributed by atoms with Gasteiger partial charge in [0.05, 0.1) is 5.56 Å². The number of nitrogens with zero attached hydrogens (tertiary/aromatic N) is 3. The van der Waals surface area contributed by atoms with Crippen molar-refractivity contribution in [3.63, 3.8) is 0 Å². The van der Waals surface area contributed by atoms with Gasteiger partial charge in [-0.2, -0.15) is 0 Å². The molecule has 0 radical (unpaired) electrons. The lowest BCUT2D eigenvalue weighted by Gasteiger charge is -2.30. The van der Waals surface area contributed by atoms with Crippen LogP contribution in [-0.2, 0) is 13.0 Å². The van der Waals surface area contributed by atoms with E-state index in [9.17, 15) is 9.18 Å². The van der Waals surface area contributed by atoms with Crippen molar-refractivity contribution in [3.05, 3.63) is 77.4 Å². The fraction of sp³-hybridized carbons (Fsp3) is 0.150. The molecule has 2 aromatic carbocycles. The Morgan fingerprint density at radius 2 is 1.82 bits per heavy atom. The molecule has 1 aliphatic heterocycles. The molecule has 0 bridgehead atoms. The number of amides is 1. The van der Waals surface area contributed by atoms with E-state index < -0.39 is 11.7 Å². The van der Waals surface area contributed by atoms with Crippen LogP contribution in [0.25, 0.3) is 0 Å². The molecule has 2 heterocycles. The lowest BCUT2D eigenvalue weighted by molar-refractivity contribution is 0.0958. The third-order valence-electron chi connectivity index (χ3n) is 4.71. The number of benzene rings is 2. The molecule has 0 unspecified atom stereocenters. The maximum atomic E-state index is 13.7. The van der Waals surface area contributed by atoms with Crippen molar-refractivity contribution in [3.8, 4) is 0 Å². The third-order valence-corrected chi connectivity index (χ3v) is 4.71. The monoisotopic (exact) mass is 378 g/mol. The van der Waals surface area contributed by atoms with Crippen LogP contribution in [0.1, 0.15) is 21.5 Å². The molecule has 0 saturated heterocycles. The molecule has 1 aliphatic rings. The van der Waals surface area contributed by atoms with E-state index in [-0.39, 0.29) is 11.4 Å². The number of carbonyl (C=O) groups is 1. The predicted molar refractivity (Wildman–Crippen MR) is 105 cm³/mol. The van der Waals surface area contributed by atoms with Gasteiger partial charge in [-0.25, -0.2) is 14.4 Å². The number of rotatable bonds is 4. The second-order valence-electron chi connectivity index (χ2n) is 6.46. The van der Waals surface area contributed by atoms with Crippen LogP contribution in [0.3, 0.4) is 0 Å². The first-order valence-corrected chi connectivity index (χ1v) is 8.86. The quantitative estimate of drug-likeness (QED) is 0.604. The molecule has 4 N–H and O–H groups in total. The number of hydrogen-bond acceptors (Lipinski definition) is 6. The van der Waals surface area contributed by atoms with Crippen LogP contribution in [0.5, 0.6) is 0 Å². The van der Waals surface area contributed by atoms with E-state index in [4.69, 9.17) is 5.73 Å². The van der Waals surface area contributed by atoms with Crippen LogP contribution in [0.4, 0.5) is 21.7 Å². The Labute approximate surface area is 161 Å². The highest BCUT2D eigenvalue weighted by Crippen LogP contribution is 2.30. The number of hydrogen-bond donors (Lipinski definition) is 3. The second kappa shape index (κ2) is 7.51. The Kier molecular flexibility index (Phi) is 4.76. The standard InChI is InChI=1S/C20H19FN6O/c21-16-8-4-3-7-15(16)20(28)26-25-18-17(22)19(24-12-23-18)27-10-9-13-5-1-2-6-14(13)11-27/h1-8,12H,9-11,22H2,(H,26,28)(H,23,24,25). The molecule has 0 saturated carbocycles. The predicted octanol–water partition coefficient (Wildman–Crippen LogP) is 2.52. The highest BCUT2D eigenvalue weighted by Gasteiger charge is 2.21. The number of halogens is 1. The van der Waals surface area contributed by atoms with Crippen molar-refractivity contribution in [1.29, 1.82) is 0 Å². The molecule has 0 aliphatic carbocycles. The molecule has 8 heteroatoms. The smallest absolute Gasteiger partial charge is 0.272 e. The summed E-state index contributed by atoms with van der Waals surface area (Å²) in [6, 6.07) is 14.0. The number of aromatic nitrogens is 2. The topological polar surface area (TPSA) is 96.2 Å². The first-order chi connectivity index (χ1) is 13.6.